The van der Waals surface area contributed by atoms with Crippen molar-refractivity contribution in [3.05, 3.63) is 47.0 Å². The number of benzene rings is 1. The predicted molar refractivity (Wildman–Crippen MR) is 85.0 cm³/mol. The van der Waals surface area contributed by atoms with Crippen LogP contribution in [0.25, 0.3) is 0 Å². The minimum absolute atomic E-state index is 0.0743. The van der Waals surface area contributed by atoms with Crippen LogP contribution in [0.3, 0.4) is 0 Å². The lowest BCUT2D eigenvalue weighted by Crippen LogP contribution is -2.45. The van der Waals surface area contributed by atoms with Crippen LogP contribution in [0, 0.1) is 5.41 Å². The highest BCUT2D eigenvalue weighted by molar-refractivity contribution is 6.30. The van der Waals surface area contributed by atoms with Crippen molar-refractivity contribution in [3.8, 4) is 0 Å². The molecule has 6 heteroatoms. The van der Waals surface area contributed by atoms with Crippen LogP contribution in [-0.2, 0) is 23.8 Å². The first kappa shape index (κ1) is 17.5. The predicted octanol–water partition coefficient (Wildman–Crippen LogP) is 3.08. The van der Waals surface area contributed by atoms with Crippen LogP contribution < -0.4 is 0 Å². The first-order valence-corrected chi connectivity index (χ1v) is 7.76. The quantitative estimate of drug-likeness (QED) is 0.469. The third-order valence-electron chi connectivity index (χ3n) is 3.74. The maximum Gasteiger partial charge on any atom is 0.330 e. The minimum Gasteiger partial charge on any atom is -0.465 e. The molecule has 1 aliphatic heterocycles. The summed E-state index contributed by atoms with van der Waals surface area (Å²) in [5.41, 5.74) is -0.733. The molecule has 1 unspecified atom stereocenters. The van der Waals surface area contributed by atoms with Gasteiger partial charge in [0.05, 0.1) is 19.8 Å². The Kier molecular flexibility index (Phi) is 5.44. The summed E-state index contributed by atoms with van der Waals surface area (Å²) in [4.78, 5) is 25.3. The molecule has 0 amide bonds. The molecule has 1 saturated heterocycles. The standard InChI is InChI=1S/C17H19ClO5/c1-4-21-15(19)17(16(20)22-5-2)11(3)10-23-14(17)12-6-8-13(18)9-7-12/h6-9,14H,3-5,10H2,1-2H3. The summed E-state index contributed by atoms with van der Waals surface area (Å²) in [6.45, 7) is 7.55. The van der Waals surface area contributed by atoms with Gasteiger partial charge in [-0.3, -0.25) is 9.59 Å². The maximum absolute atomic E-state index is 12.7. The first-order chi connectivity index (χ1) is 11.0. The number of carbonyl (C=O) groups is 2. The fourth-order valence-electron chi connectivity index (χ4n) is 2.67. The van der Waals surface area contributed by atoms with Crippen molar-refractivity contribution in [1.29, 1.82) is 0 Å². The highest BCUT2D eigenvalue weighted by atomic mass is 35.5. The molecular formula is C17H19ClO5. The molecule has 1 atom stereocenters. The molecule has 1 aliphatic rings. The van der Waals surface area contributed by atoms with Crippen LogP contribution >= 0.6 is 11.6 Å². The molecule has 2 rings (SSSR count). The average molecular weight is 339 g/mol. The number of halogens is 1. The van der Waals surface area contributed by atoms with E-state index in [1.807, 2.05) is 0 Å². The SMILES string of the molecule is C=C1COC(c2ccc(Cl)cc2)C1(C(=O)OCC)C(=O)OCC. The zero-order chi connectivity index (χ0) is 17.0. The molecular weight excluding hydrogens is 320 g/mol. The molecule has 0 aliphatic carbocycles. The van der Waals surface area contributed by atoms with Gasteiger partial charge >= 0.3 is 11.9 Å². The molecule has 5 nitrogen and oxygen atoms in total. The van der Waals surface area contributed by atoms with E-state index in [1.165, 1.54) is 0 Å². The van der Waals surface area contributed by atoms with Crippen molar-refractivity contribution in [2.75, 3.05) is 19.8 Å². The van der Waals surface area contributed by atoms with E-state index >= 15 is 0 Å². The lowest BCUT2D eigenvalue weighted by molar-refractivity contribution is -0.174. The number of esters is 2. The van der Waals surface area contributed by atoms with E-state index in [9.17, 15) is 9.59 Å². The van der Waals surface area contributed by atoms with Gasteiger partial charge in [0.2, 0.25) is 5.41 Å². The fraction of sp³-hybridized carbons (Fsp3) is 0.412. The van der Waals surface area contributed by atoms with Crippen molar-refractivity contribution in [3.63, 3.8) is 0 Å². The molecule has 23 heavy (non-hydrogen) atoms. The van der Waals surface area contributed by atoms with Crippen LogP contribution in [0.15, 0.2) is 36.4 Å². The van der Waals surface area contributed by atoms with Crippen LogP contribution in [0.4, 0.5) is 0 Å². The molecule has 0 radical (unpaired) electrons. The Balaban J connectivity index is 2.54. The van der Waals surface area contributed by atoms with Gasteiger partial charge in [0, 0.05) is 5.02 Å². The third kappa shape index (κ3) is 2.99. The van der Waals surface area contributed by atoms with E-state index in [2.05, 4.69) is 6.58 Å². The van der Waals surface area contributed by atoms with Crippen LogP contribution in [0.1, 0.15) is 25.5 Å². The van der Waals surface area contributed by atoms with Gasteiger partial charge in [-0.15, -0.1) is 0 Å². The van der Waals surface area contributed by atoms with E-state index in [0.717, 1.165) is 0 Å². The average Bonchev–Trinajstić information content (AvgIpc) is 2.87. The summed E-state index contributed by atoms with van der Waals surface area (Å²) in [6, 6.07) is 6.75. The molecule has 0 N–H and O–H groups in total. The van der Waals surface area contributed by atoms with E-state index in [4.69, 9.17) is 25.8 Å². The lowest BCUT2D eigenvalue weighted by atomic mass is 9.75. The summed E-state index contributed by atoms with van der Waals surface area (Å²) >= 11 is 5.90. The second-order valence-corrected chi connectivity index (χ2v) is 5.53. The Labute approximate surface area is 140 Å². The van der Waals surface area contributed by atoms with Crippen LogP contribution in [-0.4, -0.2) is 31.8 Å². The zero-order valence-electron chi connectivity index (χ0n) is 13.1. The van der Waals surface area contributed by atoms with E-state index in [0.29, 0.717) is 16.2 Å². The second kappa shape index (κ2) is 7.15. The summed E-state index contributed by atoms with van der Waals surface area (Å²) in [5.74, 6) is -1.41. The Morgan fingerprint density at radius 3 is 2.22 bits per heavy atom. The molecule has 0 aromatic heterocycles. The van der Waals surface area contributed by atoms with Crippen LogP contribution in [0.5, 0.6) is 0 Å². The molecule has 0 bridgehead atoms. The highest BCUT2D eigenvalue weighted by Crippen LogP contribution is 2.50. The Hall–Kier alpha value is -1.85. The Bertz CT molecular complexity index is 590. The van der Waals surface area contributed by atoms with E-state index < -0.39 is 23.5 Å². The van der Waals surface area contributed by atoms with Crippen molar-refractivity contribution in [2.24, 2.45) is 5.41 Å². The number of hydrogen-bond acceptors (Lipinski definition) is 5. The molecule has 1 aromatic carbocycles. The topological polar surface area (TPSA) is 61.8 Å². The summed E-state index contributed by atoms with van der Waals surface area (Å²) < 4.78 is 16.0. The van der Waals surface area contributed by atoms with Gasteiger partial charge in [-0.2, -0.15) is 0 Å². The van der Waals surface area contributed by atoms with Crippen molar-refractivity contribution < 1.29 is 23.8 Å². The molecule has 124 valence electrons. The molecule has 0 spiro atoms. The van der Waals surface area contributed by atoms with Gasteiger partial charge in [-0.1, -0.05) is 30.3 Å². The number of hydrogen-bond donors (Lipinski definition) is 0. The normalized spacial score (nSPS) is 19.4. The second-order valence-electron chi connectivity index (χ2n) is 5.10. The monoisotopic (exact) mass is 338 g/mol. The smallest absolute Gasteiger partial charge is 0.330 e. The molecule has 1 fully saturated rings. The Morgan fingerprint density at radius 2 is 1.74 bits per heavy atom. The zero-order valence-corrected chi connectivity index (χ0v) is 13.9. The summed E-state index contributed by atoms with van der Waals surface area (Å²) in [6.07, 6.45) is -0.856. The molecule has 0 saturated carbocycles. The lowest BCUT2D eigenvalue weighted by Gasteiger charge is -2.30. The van der Waals surface area contributed by atoms with E-state index in [1.54, 1.807) is 38.1 Å². The van der Waals surface area contributed by atoms with Gasteiger partial charge in [0.1, 0.15) is 6.10 Å². The van der Waals surface area contributed by atoms with Crippen LogP contribution in [0.2, 0.25) is 5.02 Å². The molecule has 1 aromatic rings. The minimum atomic E-state index is -1.69. The van der Waals surface area contributed by atoms with Gasteiger partial charge in [-0.05, 0) is 37.1 Å². The third-order valence-corrected chi connectivity index (χ3v) is 3.99. The largest absolute Gasteiger partial charge is 0.465 e. The van der Waals surface area contributed by atoms with Gasteiger partial charge < -0.3 is 14.2 Å². The number of ether oxygens (including phenoxy) is 3. The van der Waals surface area contributed by atoms with Crippen molar-refractivity contribution in [2.45, 2.75) is 20.0 Å². The van der Waals surface area contributed by atoms with Gasteiger partial charge in [-0.25, -0.2) is 0 Å². The van der Waals surface area contributed by atoms with Crippen molar-refractivity contribution >= 4 is 23.5 Å². The summed E-state index contributed by atoms with van der Waals surface area (Å²) in [7, 11) is 0. The molecule has 1 heterocycles. The Morgan fingerprint density at radius 1 is 1.22 bits per heavy atom. The number of rotatable bonds is 5. The highest BCUT2D eigenvalue weighted by Gasteiger charge is 2.62. The number of carbonyl (C=O) groups excluding carboxylic acids is 2. The van der Waals surface area contributed by atoms with Gasteiger partial charge in [0.25, 0.3) is 0 Å². The van der Waals surface area contributed by atoms with Crippen molar-refractivity contribution in [1.82, 2.24) is 0 Å². The summed E-state index contributed by atoms with van der Waals surface area (Å²) in [5, 5.41) is 0.545. The first-order valence-electron chi connectivity index (χ1n) is 7.38. The van der Waals surface area contributed by atoms with Gasteiger partial charge in [0.15, 0.2) is 0 Å². The van der Waals surface area contributed by atoms with E-state index in [-0.39, 0.29) is 19.8 Å². The fourth-order valence-corrected chi connectivity index (χ4v) is 2.79. The maximum atomic E-state index is 12.7.